The van der Waals surface area contributed by atoms with Crippen molar-refractivity contribution in [2.45, 2.75) is 19.0 Å². The summed E-state index contributed by atoms with van der Waals surface area (Å²) in [5.41, 5.74) is 6.49. The van der Waals surface area contributed by atoms with Crippen LogP contribution in [0, 0.1) is 0 Å². The van der Waals surface area contributed by atoms with E-state index >= 15 is 0 Å². The van der Waals surface area contributed by atoms with Crippen molar-refractivity contribution in [3.05, 3.63) is 180 Å². The fourth-order valence-corrected chi connectivity index (χ4v) is 7.17. The van der Waals surface area contributed by atoms with Gasteiger partial charge in [0.25, 0.3) is 0 Å². The third-order valence-electron chi connectivity index (χ3n) is 6.93. The Bertz CT molecular complexity index is 1350. The number of imidazole rings is 1. The van der Waals surface area contributed by atoms with E-state index in [9.17, 15) is 0 Å². The Balaban J connectivity index is 0.000000194. The predicted molar refractivity (Wildman–Crippen MR) is 168 cm³/mol. The number of aromatic nitrogens is 2. The fraction of sp³-hybridized carbons (Fsp3) is 0.0882. The lowest BCUT2D eigenvalue weighted by atomic mass is 9.92. The van der Waals surface area contributed by atoms with E-state index in [4.69, 9.17) is 0 Å². The van der Waals surface area contributed by atoms with Crippen molar-refractivity contribution in [1.82, 2.24) is 9.55 Å². The van der Waals surface area contributed by atoms with Gasteiger partial charge in [-0.2, -0.15) is 0 Å². The molecule has 0 saturated heterocycles. The van der Waals surface area contributed by atoms with Gasteiger partial charge < -0.3 is 4.57 Å². The smallest absolute Gasteiger partial charge is 0.130 e. The van der Waals surface area contributed by atoms with Crippen LogP contribution >= 0.6 is 0 Å². The highest BCUT2D eigenvalue weighted by molar-refractivity contribution is 6.50. The van der Waals surface area contributed by atoms with E-state index < -0.39 is 9.52 Å². The van der Waals surface area contributed by atoms with Gasteiger partial charge in [0, 0.05) is 12.4 Å². The Morgan fingerprint density at radius 2 is 1.18 bits per heavy atom. The lowest BCUT2D eigenvalue weighted by molar-refractivity contribution is 0.594. The molecule has 5 aromatic rings. The summed E-state index contributed by atoms with van der Waals surface area (Å²) in [6.45, 7) is 4.39. The van der Waals surface area contributed by atoms with Crippen LogP contribution in [-0.2, 0) is 5.16 Å². The molecule has 0 aliphatic carbocycles. The molecule has 0 unspecified atom stereocenters. The van der Waals surface area contributed by atoms with Gasteiger partial charge in [0.05, 0.1) is 21.0 Å². The zero-order valence-electron chi connectivity index (χ0n) is 22.5. The summed E-state index contributed by atoms with van der Waals surface area (Å²) in [4.78, 5) is 4.34. The summed E-state index contributed by atoms with van der Waals surface area (Å²) < 4.78 is 2.29. The summed E-state index contributed by atoms with van der Waals surface area (Å²) >= 11 is 0. The fourth-order valence-electron chi connectivity index (χ4n) is 4.91. The number of benzene rings is 4. The highest BCUT2D eigenvalue weighted by Gasteiger charge is 2.36. The summed E-state index contributed by atoms with van der Waals surface area (Å²) in [6.07, 6.45) is 8.18. The lowest BCUT2D eigenvalue weighted by Gasteiger charge is -2.37. The van der Waals surface area contributed by atoms with Crippen LogP contribution in [0.5, 0.6) is 0 Å². The molecular formula is C34H35BN2Si. The third-order valence-corrected chi connectivity index (χ3v) is 9.59. The summed E-state index contributed by atoms with van der Waals surface area (Å²) in [6, 6.07) is 42.6. The quantitative estimate of drug-likeness (QED) is 0.231. The van der Waals surface area contributed by atoms with E-state index in [2.05, 4.69) is 159 Å². The molecule has 2 nitrogen and oxygen atoms in total. The summed E-state index contributed by atoms with van der Waals surface area (Å²) in [7, 11) is 1.44. The minimum atomic E-state index is -0.639. The molecule has 5 rings (SSSR count). The summed E-state index contributed by atoms with van der Waals surface area (Å²) in [5.74, 6) is 2.16. The van der Waals surface area contributed by atoms with Gasteiger partial charge in [-0.05, 0) is 41.7 Å². The van der Waals surface area contributed by atoms with E-state index in [1.54, 1.807) is 0 Å². The van der Waals surface area contributed by atoms with Crippen molar-refractivity contribution in [2.24, 2.45) is 0 Å². The molecule has 188 valence electrons. The third kappa shape index (κ3) is 6.21. The number of hydrogen-bond donors (Lipinski definition) is 0. The SMILES string of the molecule is BC=C(c1ccccc1)c1ccccc1.CC=C(C)[SiH2]C(c1ccccc1)(c1ccccc1)n1ccnc1. The zero-order chi connectivity index (χ0) is 26.6. The van der Waals surface area contributed by atoms with Crippen LogP contribution < -0.4 is 0 Å². The zero-order valence-corrected chi connectivity index (χ0v) is 23.9. The van der Waals surface area contributed by atoms with Crippen molar-refractivity contribution in [3.63, 3.8) is 0 Å². The van der Waals surface area contributed by atoms with Crippen molar-refractivity contribution < 1.29 is 0 Å². The Morgan fingerprint density at radius 3 is 1.55 bits per heavy atom. The van der Waals surface area contributed by atoms with Crippen LogP contribution in [0.25, 0.3) is 5.57 Å². The second kappa shape index (κ2) is 13.4. The second-order valence-corrected chi connectivity index (χ2v) is 11.8. The first-order chi connectivity index (χ1) is 18.7. The Hall–Kier alpha value is -4.15. The Morgan fingerprint density at radius 1 is 0.737 bits per heavy atom. The number of rotatable bonds is 7. The largest absolute Gasteiger partial charge is 0.326 e. The molecule has 0 saturated carbocycles. The molecule has 0 aliphatic heterocycles. The van der Waals surface area contributed by atoms with E-state index in [1.165, 1.54) is 33.0 Å². The molecule has 0 bridgehead atoms. The number of hydrogen-bond acceptors (Lipinski definition) is 1. The van der Waals surface area contributed by atoms with Gasteiger partial charge in [0.2, 0.25) is 0 Å². The van der Waals surface area contributed by atoms with Crippen LogP contribution in [0.15, 0.2) is 157 Å². The van der Waals surface area contributed by atoms with Crippen LogP contribution in [0.2, 0.25) is 0 Å². The summed E-state index contributed by atoms with van der Waals surface area (Å²) in [5, 5.41) is 1.35. The van der Waals surface area contributed by atoms with Crippen molar-refractivity contribution in [2.75, 3.05) is 0 Å². The molecule has 0 N–H and O–H groups in total. The molecule has 0 radical (unpaired) electrons. The standard InChI is InChI=1S/C20H22N2Si.C14H13B/c1-3-17(2)23-20(22-15-14-21-16-22,18-10-6-4-7-11-18)19-12-8-5-9-13-19;15-11-14(12-7-3-1-4-8-12)13-9-5-2-6-10-13/h3-16H,23H2,1-2H3;1-11H,15H2. The molecule has 1 aromatic heterocycles. The maximum atomic E-state index is 4.34. The van der Waals surface area contributed by atoms with Crippen LogP contribution in [0.1, 0.15) is 36.1 Å². The van der Waals surface area contributed by atoms with Crippen molar-refractivity contribution >= 4 is 22.9 Å². The molecule has 0 amide bonds. The molecule has 4 aromatic carbocycles. The molecular weight excluding hydrogens is 475 g/mol. The molecule has 0 spiro atoms. The van der Waals surface area contributed by atoms with Gasteiger partial charge in [0.15, 0.2) is 0 Å². The molecule has 0 fully saturated rings. The molecule has 0 atom stereocenters. The first kappa shape index (κ1) is 26.9. The second-order valence-electron chi connectivity index (χ2n) is 9.31. The number of allylic oxidation sites excluding steroid dienone is 2. The van der Waals surface area contributed by atoms with Gasteiger partial charge >= 0.3 is 0 Å². The van der Waals surface area contributed by atoms with Crippen LogP contribution in [0.3, 0.4) is 0 Å². The van der Waals surface area contributed by atoms with E-state index in [1.807, 2.05) is 24.7 Å². The van der Waals surface area contributed by atoms with Gasteiger partial charge in [0.1, 0.15) is 7.85 Å². The highest BCUT2D eigenvalue weighted by atomic mass is 28.2. The topological polar surface area (TPSA) is 17.8 Å². The molecule has 38 heavy (non-hydrogen) atoms. The van der Waals surface area contributed by atoms with Gasteiger partial charge in [-0.1, -0.05) is 133 Å². The number of nitrogens with zero attached hydrogens (tertiary/aromatic N) is 2. The van der Waals surface area contributed by atoms with E-state index in [0.29, 0.717) is 0 Å². The minimum Gasteiger partial charge on any atom is -0.326 e. The minimum absolute atomic E-state index is 0.143. The maximum Gasteiger partial charge on any atom is 0.130 e. The van der Waals surface area contributed by atoms with Crippen LogP contribution in [0.4, 0.5) is 0 Å². The lowest BCUT2D eigenvalue weighted by Crippen LogP contribution is -2.42. The maximum absolute atomic E-state index is 4.34. The van der Waals surface area contributed by atoms with Gasteiger partial charge in [-0.15, -0.1) is 5.98 Å². The predicted octanol–water partition coefficient (Wildman–Crippen LogP) is 6.43. The Kier molecular flexibility index (Phi) is 9.49. The van der Waals surface area contributed by atoms with Gasteiger partial charge in [-0.3, -0.25) is 0 Å². The van der Waals surface area contributed by atoms with Gasteiger partial charge in [-0.25, -0.2) is 4.98 Å². The normalized spacial score (nSPS) is 11.6. The molecule has 4 heteroatoms. The van der Waals surface area contributed by atoms with E-state index in [0.717, 1.165) is 0 Å². The average molecular weight is 511 g/mol. The highest BCUT2D eigenvalue weighted by Crippen LogP contribution is 2.34. The monoisotopic (exact) mass is 510 g/mol. The average Bonchev–Trinajstić information content (AvgIpc) is 3.54. The van der Waals surface area contributed by atoms with Crippen LogP contribution in [-0.4, -0.2) is 26.9 Å². The molecule has 0 aliphatic rings. The van der Waals surface area contributed by atoms with Crippen molar-refractivity contribution in [1.29, 1.82) is 0 Å². The first-order valence-electron chi connectivity index (χ1n) is 13.2. The Labute approximate surface area is 230 Å². The van der Waals surface area contributed by atoms with E-state index in [-0.39, 0.29) is 5.16 Å². The molecule has 1 heterocycles. The van der Waals surface area contributed by atoms with Crippen molar-refractivity contribution in [3.8, 4) is 0 Å². The first-order valence-corrected chi connectivity index (χ1v) is 14.6.